The summed E-state index contributed by atoms with van der Waals surface area (Å²) in [5.74, 6) is 2.41. The molecule has 0 aliphatic carbocycles. The Morgan fingerprint density at radius 1 is 1.80 bits per heavy atom. The predicted molar refractivity (Wildman–Crippen MR) is 45.3 cm³/mol. The summed E-state index contributed by atoms with van der Waals surface area (Å²) in [6.07, 6.45) is 1.69. The van der Waals surface area contributed by atoms with E-state index in [1.54, 1.807) is 0 Å². The molecule has 3 heteroatoms. The van der Waals surface area contributed by atoms with Crippen LogP contribution >= 0.6 is 11.8 Å². The third-order valence-electron chi connectivity index (χ3n) is 1.48. The Morgan fingerprint density at radius 3 is 3.10 bits per heavy atom. The van der Waals surface area contributed by atoms with Gasteiger partial charge in [-0.2, -0.15) is 11.8 Å². The van der Waals surface area contributed by atoms with Crippen molar-refractivity contribution in [1.29, 1.82) is 0 Å². The molecule has 1 saturated heterocycles. The smallest absolute Gasteiger partial charge is 0.0674 e. The van der Waals surface area contributed by atoms with Crippen LogP contribution in [0.5, 0.6) is 0 Å². The summed E-state index contributed by atoms with van der Waals surface area (Å²) < 4.78 is 5.52. The van der Waals surface area contributed by atoms with Crippen LogP contribution in [0.3, 0.4) is 0 Å². The fourth-order valence-electron chi connectivity index (χ4n) is 0.932. The van der Waals surface area contributed by atoms with Gasteiger partial charge in [-0.05, 0) is 19.1 Å². The topological polar surface area (TPSA) is 35.2 Å². The maximum absolute atomic E-state index is 5.54. The highest BCUT2D eigenvalue weighted by molar-refractivity contribution is 7.99. The SMILES string of the molecule is CC(N)COC1CCSC1. The second-order valence-corrected chi connectivity index (χ2v) is 3.95. The maximum atomic E-state index is 5.54. The van der Waals surface area contributed by atoms with E-state index in [4.69, 9.17) is 10.5 Å². The van der Waals surface area contributed by atoms with Crippen LogP contribution in [0.2, 0.25) is 0 Å². The molecule has 0 radical (unpaired) electrons. The third kappa shape index (κ3) is 2.90. The number of rotatable bonds is 3. The molecule has 0 aromatic heterocycles. The summed E-state index contributed by atoms with van der Waals surface area (Å²) in [6.45, 7) is 2.69. The van der Waals surface area contributed by atoms with Crippen LogP contribution in [0.25, 0.3) is 0 Å². The lowest BCUT2D eigenvalue weighted by Crippen LogP contribution is -2.25. The van der Waals surface area contributed by atoms with Gasteiger partial charge in [0, 0.05) is 11.8 Å². The van der Waals surface area contributed by atoms with Gasteiger partial charge in [0.25, 0.3) is 0 Å². The normalized spacial score (nSPS) is 28.8. The zero-order chi connectivity index (χ0) is 7.40. The molecule has 1 rings (SSSR count). The van der Waals surface area contributed by atoms with E-state index in [-0.39, 0.29) is 6.04 Å². The number of ether oxygens (including phenoxy) is 1. The molecule has 1 aliphatic heterocycles. The Kier molecular flexibility index (Phi) is 3.52. The molecule has 60 valence electrons. The lowest BCUT2D eigenvalue weighted by Gasteiger charge is -2.11. The van der Waals surface area contributed by atoms with E-state index in [0.717, 1.165) is 5.75 Å². The highest BCUT2D eigenvalue weighted by Crippen LogP contribution is 2.19. The Labute approximate surface area is 66.5 Å². The minimum atomic E-state index is 0.186. The van der Waals surface area contributed by atoms with Crippen molar-refractivity contribution in [2.75, 3.05) is 18.1 Å². The monoisotopic (exact) mass is 161 g/mol. The van der Waals surface area contributed by atoms with Gasteiger partial charge in [-0.15, -0.1) is 0 Å². The summed E-state index contributed by atoms with van der Waals surface area (Å²) in [4.78, 5) is 0. The molecule has 1 fully saturated rings. The molecule has 0 saturated carbocycles. The number of nitrogens with two attached hydrogens (primary N) is 1. The highest BCUT2D eigenvalue weighted by atomic mass is 32.2. The zero-order valence-electron chi connectivity index (χ0n) is 6.38. The predicted octanol–water partition coefficient (Wildman–Crippen LogP) is 0.856. The summed E-state index contributed by atoms with van der Waals surface area (Å²) in [5, 5.41) is 0. The molecule has 2 atom stereocenters. The molecular formula is C7H15NOS. The van der Waals surface area contributed by atoms with Gasteiger partial charge in [0.05, 0.1) is 12.7 Å². The van der Waals surface area contributed by atoms with Crippen molar-refractivity contribution in [2.24, 2.45) is 5.73 Å². The van der Waals surface area contributed by atoms with Crippen molar-refractivity contribution in [3.05, 3.63) is 0 Å². The van der Waals surface area contributed by atoms with Crippen molar-refractivity contribution in [2.45, 2.75) is 25.5 Å². The molecule has 0 aromatic carbocycles. The second-order valence-electron chi connectivity index (χ2n) is 2.80. The van der Waals surface area contributed by atoms with E-state index in [1.165, 1.54) is 12.2 Å². The van der Waals surface area contributed by atoms with Crippen molar-refractivity contribution in [3.63, 3.8) is 0 Å². The van der Waals surface area contributed by atoms with Crippen molar-refractivity contribution in [3.8, 4) is 0 Å². The van der Waals surface area contributed by atoms with Crippen LogP contribution in [0, 0.1) is 0 Å². The van der Waals surface area contributed by atoms with Crippen molar-refractivity contribution >= 4 is 11.8 Å². The van der Waals surface area contributed by atoms with Crippen LogP contribution in [-0.2, 0) is 4.74 Å². The lowest BCUT2D eigenvalue weighted by molar-refractivity contribution is 0.0640. The first-order valence-electron chi connectivity index (χ1n) is 3.74. The van der Waals surface area contributed by atoms with Gasteiger partial charge in [-0.25, -0.2) is 0 Å². The molecule has 0 spiro atoms. The van der Waals surface area contributed by atoms with Gasteiger partial charge in [0.2, 0.25) is 0 Å². The quantitative estimate of drug-likeness (QED) is 0.666. The average Bonchev–Trinajstić information content (AvgIpc) is 2.34. The summed E-state index contributed by atoms with van der Waals surface area (Å²) in [7, 11) is 0. The van der Waals surface area contributed by atoms with Crippen LogP contribution in [0.4, 0.5) is 0 Å². The van der Waals surface area contributed by atoms with Gasteiger partial charge in [0.15, 0.2) is 0 Å². The minimum absolute atomic E-state index is 0.186. The Morgan fingerprint density at radius 2 is 2.60 bits per heavy atom. The number of thioether (sulfide) groups is 1. The maximum Gasteiger partial charge on any atom is 0.0674 e. The third-order valence-corrected chi connectivity index (χ3v) is 2.61. The molecule has 0 aromatic rings. The van der Waals surface area contributed by atoms with E-state index in [2.05, 4.69) is 0 Å². The highest BCUT2D eigenvalue weighted by Gasteiger charge is 2.15. The summed E-state index contributed by atoms with van der Waals surface area (Å²) in [6, 6.07) is 0.186. The number of hydrogen-bond acceptors (Lipinski definition) is 3. The van der Waals surface area contributed by atoms with E-state index < -0.39 is 0 Å². The first kappa shape index (κ1) is 8.37. The first-order valence-corrected chi connectivity index (χ1v) is 4.89. The first-order chi connectivity index (χ1) is 4.79. The Bertz CT molecular complexity index is 91.6. The average molecular weight is 161 g/mol. The van der Waals surface area contributed by atoms with Crippen LogP contribution in [-0.4, -0.2) is 30.3 Å². The molecule has 1 aliphatic rings. The summed E-state index contributed by atoms with van der Waals surface area (Å²) >= 11 is 1.97. The van der Waals surface area contributed by atoms with E-state index >= 15 is 0 Å². The van der Waals surface area contributed by atoms with E-state index in [0.29, 0.717) is 12.7 Å². The lowest BCUT2D eigenvalue weighted by atomic mass is 10.3. The van der Waals surface area contributed by atoms with Gasteiger partial charge < -0.3 is 10.5 Å². The molecule has 2 nitrogen and oxygen atoms in total. The Hall–Kier alpha value is 0.270. The molecular weight excluding hydrogens is 146 g/mol. The van der Waals surface area contributed by atoms with Gasteiger partial charge >= 0.3 is 0 Å². The fourth-order valence-corrected chi connectivity index (χ4v) is 2.05. The molecule has 0 amide bonds. The molecule has 1 heterocycles. The van der Waals surface area contributed by atoms with Crippen LogP contribution in [0.15, 0.2) is 0 Å². The van der Waals surface area contributed by atoms with Crippen molar-refractivity contribution in [1.82, 2.24) is 0 Å². The largest absolute Gasteiger partial charge is 0.376 e. The van der Waals surface area contributed by atoms with Gasteiger partial charge in [0.1, 0.15) is 0 Å². The van der Waals surface area contributed by atoms with Crippen LogP contribution in [0.1, 0.15) is 13.3 Å². The molecule has 0 bridgehead atoms. The van der Waals surface area contributed by atoms with E-state index in [9.17, 15) is 0 Å². The number of hydrogen-bond donors (Lipinski definition) is 1. The van der Waals surface area contributed by atoms with Gasteiger partial charge in [-0.1, -0.05) is 0 Å². The molecule has 2 N–H and O–H groups in total. The van der Waals surface area contributed by atoms with Gasteiger partial charge in [-0.3, -0.25) is 0 Å². The minimum Gasteiger partial charge on any atom is -0.376 e. The second kappa shape index (κ2) is 4.21. The standard InChI is InChI=1S/C7H15NOS/c1-6(8)4-9-7-2-3-10-5-7/h6-7H,2-5,8H2,1H3. The molecule has 10 heavy (non-hydrogen) atoms. The van der Waals surface area contributed by atoms with Crippen LogP contribution < -0.4 is 5.73 Å². The van der Waals surface area contributed by atoms with Crippen molar-refractivity contribution < 1.29 is 4.74 Å². The summed E-state index contributed by atoms with van der Waals surface area (Å²) in [5.41, 5.74) is 5.54. The fraction of sp³-hybridized carbons (Fsp3) is 1.00. The Balaban J connectivity index is 2.01. The molecule has 2 unspecified atom stereocenters. The van der Waals surface area contributed by atoms with E-state index in [1.807, 2.05) is 18.7 Å². The zero-order valence-corrected chi connectivity index (χ0v) is 7.19.